The van der Waals surface area contributed by atoms with Gasteiger partial charge in [0.05, 0.1) is 6.07 Å². The molecule has 6 heteroatoms. The molecule has 0 bridgehead atoms. The number of carbonyl (C=O) groups is 1. The third-order valence-electron chi connectivity index (χ3n) is 4.68. The van der Waals surface area contributed by atoms with E-state index in [0.29, 0.717) is 31.9 Å². The lowest BCUT2D eigenvalue weighted by molar-refractivity contribution is 0.0601. The van der Waals surface area contributed by atoms with Gasteiger partial charge in [-0.05, 0) is 17.7 Å². The van der Waals surface area contributed by atoms with E-state index in [0.717, 1.165) is 11.3 Å². The number of aromatic nitrogens is 1. The maximum atomic E-state index is 12.8. The normalized spacial score (nSPS) is 16.0. The van der Waals surface area contributed by atoms with E-state index in [1.807, 2.05) is 66.4 Å². The zero-order valence-corrected chi connectivity index (χ0v) is 15.2. The van der Waals surface area contributed by atoms with Crippen LogP contribution >= 0.6 is 0 Å². The summed E-state index contributed by atoms with van der Waals surface area (Å²) in [6, 6.07) is 15.6. The van der Waals surface area contributed by atoms with Crippen molar-refractivity contribution in [2.45, 2.75) is 6.04 Å². The summed E-state index contributed by atoms with van der Waals surface area (Å²) in [5.74, 6) is -0.0541. The molecule has 0 unspecified atom stereocenters. The van der Waals surface area contributed by atoms with Crippen LogP contribution in [0.1, 0.15) is 22.1 Å². The van der Waals surface area contributed by atoms with Crippen molar-refractivity contribution in [3.63, 3.8) is 0 Å². The molecule has 1 aliphatic rings. The fourth-order valence-electron chi connectivity index (χ4n) is 3.16. The summed E-state index contributed by atoms with van der Waals surface area (Å²) in [5, 5.41) is 9.58. The number of rotatable bonds is 4. The van der Waals surface area contributed by atoms with Crippen molar-refractivity contribution in [2.75, 3.05) is 45.2 Å². The average molecular weight is 349 g/mol. The van der Waals surface area contributed by atoms with Crippen molar-refractivity contribution in [2.24, 2.45) is 0 Å². The monoisotopic (exact) mass is 349 g/mol. The minimum atomic E-state index is -0.274. The third-order valence-corrected chi connectivity index (χ3v) is 4.68. The average Bonchev–Trinajstić information content (AvgIpc) is 2.69. The van der Waals surface area contributed by atoms with Crippen LogP contribution in [-0.4, -0.2) is 61.0 Å². The second-order valence-corrected chi connectivity index (χ2v) is 6.56. The Kier molecular flexibility index (Phi) is 5.49. The van der Waals surface area contributed by atoms with Crippen LogP contribution in [0.5, 0.6) is 0 Å². The Balaban J connectivity index is 1.66. The molecule has 6 nitrogen and oxygen atoms in total. The molecule has 0 saturated carbocycles. The Bertz CT molecular complexity index is 791. The fourth-order valence-corrected chi connectivity index (χ4v) is 3.16. The first-order valence-electron chi connectivity index (χ1n) is 8.71. The maximum absolute atomic E-state index is 12.8. The maximum Gasteiger partial charge on any atom is 0.272 e. The van der Waals surface area contributed by atoms with Crippen molar-refractivity contribution in [3.05, 3.63) is 59.9 Å². The Hall–Kier alpha value is -2.91. The first-order chi connectivity index (χ1) is 12.6. The minimum absolute atomic E-state index is 0.0541. The summed E-state index contributed by atoms with van der Waals surface area (Å²) < 4.78 is 0. The predicted octanol–water partition coefficient (Wildman–Crippen LogP) is 2.17. The van der Waals surface area contributed by atoms with Gasteiger partial charge in [-0.25, -0.2) is 0 Å². The topological polar surface area (TPSA) is 63.5 Å². The lowest BCUT2D eigenvalue weighted by Crippen LogP contribution is -2.49. The van der Waals surface area contributed by atoms with E-state index in [-0.39, 0.29) is 11.9 Å². The molecule has 1 amide bonds. The first kappa shape index (κ1) is 17.9. The Labute approximate surface area is 154 Å². The van der Waals surface area contributed by atoms with Crippen molar-refractivity contribution in [1.29, 1.82) is 5.26 Å². The number of nitriles is 1. The van der Waals surface area contributed by atoms with Gasteiger partial charge >= 0.3 is 0 Å². The van der Waals surface area contributed by atoms with Gasteiger partial charge in [-0.3, -0.25) is 14.7 Å². The van der Waals surface area contributed by atoms with Gasteiger partial charge < -0.3 is 9.80 Å². The van der Waals surface area contributed by atoms with Crippen molar-refractivity contribution in [3.8, 4) is 6.07 Å². The Morgan fingerprint density at radius 1 is 1.15 bits per heavy atom. The van der Waals surface area contributed by atoms with Crippen LogP contribution in [0.4, 0.5) is 5.69 Å². The molecule has 1 aromatic carbocycles. The molecule has 0 N–H and O–H groups in total. The van der Waals surface area contributed by atoms with E-state index >= 15 is 0 Å². The largest absolute Gasteiger partial charge is 0.378 e. The van der Waals surface area contributed by atoms with Crippen LogP contribution < -0.4 is 4.90 Å². The van der Waals surface area contributed by atoms with Gasteiger partial charge in [0.25, 0.3) is 5.91 Å². The molecule has 3 rings (SSSR count). The van der Waals surface area contributed by atoms with Gasteiger partial charge in [-0.1, -0.05) is 30.3 Å². The molecular weight excluding hydrogens is 326 g/mol. The molecule has 1 aromatic heterocycles. The molecule has 0 radical (unpaired) electrons. The number of amides is 1. The molecule has 1 saturated heterocycles. The van der Waals surface area contributed by atoms with E-state index in [9.17, 15) is 10.1 Å². The van der Waals surface area contributed by atoms with Crippen LogP contribution in [0.15, 0.2) is 48.7 Å². The van der Waals surface area contributed by atoms with Crippen LogP contribution in [0.25, 0.3) is 0 Å². The zero-order valence-electron chi connectivity index (χ0n) is 15.2. The minimum Gasteiger partial charge on any atom is -0.378 e. The number of hydrogen-bond acceptors (Lipinski definition) is 5. The SMILES string of the molecule is CN(C)c1ccnc(C(=O)N2CCN([C@H](C#N)c3ccccc3)CC2)c1. The summed E-state index contributed by atoms with van der Waals surface area (Å²) in [6.07, 6.45) is 1.67. The second kappa shape index (κ2) is 7.98. The van der Waals surface area contributed by atoms with Gasteiger partial charge in [0.1, 0.15) is 11.7 Å². The summed E-state index contributed by atoms with van der Waals surface area (Å²) >= 11 is 0. The van der Waals surface area contributed by atoms with Gasteiger partial charge in [-0.2, -0.15) is 5.26 Å². The van der Waals surface area contributed by atoms with Gasteiger partial charge in [-0.15, -0.1) is 0 Å². The van der Waals surface area contributed by atoms with Gasteiger partial charge in [0.2, 0.25) is 0 Å². The molecule has 134 valence electrons. The number of anilines is 1. The van der Waals surface area contributed by atoms with Crippen LogP contribution in [0, 0.1) is 11.3 Å². The number of nitrogens with zero attached hydrogens (tertiary/aromatic N) is 5. The molecule has 2 aromatic rings. The first-order valence-corrected chi connectivity index (χ1v) is 8.71. The van der Waals surface area contributed by atoms with Gasteiger partial charge in [0, 0.05) is 52.2 Å². The van der Waals surface area contributed by atoms with Crippen LogP contribution in [0.3, 0.4) is 0 Å². The highest BCUT2D eigenvalue weighted by atomic mass is 16.2. The summed E-state index contributed by atoms with van der Waals surface area (Å²) in [5.41, 5.74) is 2.41. The smallest absolute Gasteiger partial charge is 0.272 e. The zero-order chi connectivity index (χ0) is 18.5. The number of pyridine rings is 1. The van der Waals surface area contributed by atoms with Crippen molar-refractivity contribution >= 4 is 11.6 Å². The number of benzene rings is 1. The van der Waals surface area contributed by atoms with Crippen molar-refractivity contribution in [1.82, 2.24) is 14.8 Å². The highest BCUT2D eigenvalue weighted by Crippen LogP contribution is 2.22. The van der Waals surface area contributed by atoms with E-state index in [4.69, 9.17) is 0 Å². The lowest BCUT2D eigenvalue weighted by atomic mass is 10.1. The summed E-state index contributed by atoms with van der Waals surface area (Å²) in [4.78, 5) is 22.9. The molecule has 0 aliphatic carbocycles. The third kappa shape index (κ3) is 3.84. The second-order valence-electron chi connectivity index (χ2n) is 6.56. The quantitative estimate of drug-likeness (QED) is 0.846. The van der Waals surface area contributed by atoms with E-state index in [2.05, 4.69) is 16.0 Å². The highest BCUT2D eigenvalue weighted by molar-refractivity contribution is 5.93. The summed E-state index contributed by atoms with van der Waals surface area (Å²) in [7, 11) is 3.88. The van der Waals surface area contributed by atoms with Gasteiger partial charge in [0.15, 0.2) is 0 Å². The van der Waals surface area contributed by atoms with Crippen LogP contribution in [-0.2, 0) is 0 Å². The lowest BCUT2D eigenvalue weighted by Gasteiger charge is -2.37. The molecule has 1 fully saturated rings. The molecule has 1 aliphatic heterocycles. The number of piperazine rings is 1. The molecule has 1 atom stereocenters. The molecule has 2 heterocycles. The number of hydrogen-bond donors (Lipinski definition) is 0. The molecular formula is C20H23N5O. The van der Waals surface area contributed by atoms with Crippen molar-refractivity contribution < 1.29 is 4.79 Å². The summed E-state index contributed by atoms with van der Waals surface area (Å²) in [6.45, 7) is 2.54. The van der Waals surface area contributed by atoms with E-state index in [1.54, 1.807) is 6.20 Å². The molecule has 0 spiro atoms. The highest BCUT2D eigenvalue weighted by Gasteiger charge is 2.28. The van der Waals surface area contributed by atoms with E-state index in [1.165, 1.54) is 0 Å². The predicted molar refractivity (Wildman–Crippen MR) is 101 cm³/mol. The Morgan fingerprint density at radius 3 is 2.46 bits per heavy atom. The fraction of sp³-hybridized carbons (Fsp3) is 0.350. The van der Waals surface area contributed by atoms with Crippen LogP contribution in [0.2, 0.25) is 0 Å². The standard InChI is InChI=1S/C20H23N5O/c1-23(2)17-8-9-22-18(14-17)20(26)25-12-10-24(11-13-25)19(15-21)16-6-4-3-5-7-16/h3-9,14,19H,10-13H2,1-2H3/t19-/m1/s1. The Morgan fingerprint density at radius 2 is 1.85 bits per heavy atom. The molecule has 26 heavy (non-hydrogen) atoms. The number of carbonyl (C=O) groups excluding carboxylic acids is 1. The van der Waals surface area contributed by atoms with E-state index < -0.39 is 0 Å².